The van der Waals surface area contributed by atoms with Gasteiger partial charge in [-0.05, 0) is 18.4 Å². The summed E-state index contributed by atoms with van der Waals surface area (Å²) in [6, 6.07) is 10.6. The summed E-state index contributed by atoms with van der Waals surface area (Å²) < 4.78 is 0. The summed E-state index contributed by atoms with van der Waals surface area (Å²) in [5.74, 6) is 0. The maximum absolute atomic E-state index is 2.23. The quantitative estimate of drug-likeness (QED) is 0.410. The standard InChI is InChI=1S/C10H14.2Li.2H/c1-2-3-7-10-8-5-4-6-9-10;;;;/h4-6,8-9H,2-3,7H2,1H3;;;;/q;2*+1;2*-1. The molecule has 0 nitrogen and oxygen atoms in total. The molecule has 0 aromatic heterocycles. The first kappa shape index (κ1) is 14.9. The summed E-state index contributed by atoms with van der Waals surface area (Å²) >= 11 is 0. The van der Waals surface area contributed by atoms with Gasteiger partial charge in [0.1, 0.15) is 0 Å². The summed E-state index contributed by atoms with van der Waals surface area (Å²) in [4.78, 5) is 0. The minimum absolute atomic E-state index is 0. The van der Waals surface area contributed by atoms with Crippen molar-refractivity contribution >= 4 is 0 Å². The van der Waals surface area contributed by atoms with Gasteiger partial charge in [0.25, 0.3) is 0 Å². The predicted octanol–water partition coefficient (Wildman–Crippen LogP) is -2.74. The normalized spacial score (nSPS) is 8.08. The van der Waals surface area contributed by atoms with Gasteiger partial charge in [-0.25, -0.2) is 0 Å². The van der Waals surface area contributed by atoms with Gasteiger partial charge < -0.3 is 2.85 Å². The number of hydrogen-bond donors (Lipinski definition) is 0. The van der Waals surface area contributed by atoms with E-state index in [9.17, 15) is 0 Å². The van der Waals surface area contributed by atoms with Crippen molar-refractivity contribution in [1.82, 2.24) is 0 Å². The van der Waals surface area contributed by atoms with Gasteiger partial charge in [0.05, 0.1) is 0 Å². The molecule has 1 rings (SSSR count). The van der Waals surface area contributed by atoms with E-state index in [1.54, 1.807) is 0 Å². The molecule has 1 aromatic rings. The second-order valence-electron chi connectivity index (χ2n) is 2.59. The number of unbranched alkanes of at least 4 members (excludes halogenated alkanes) is 1. The summed E-state index contributed by atoms with van der Waals surface area (Å²) in [5.41, 5.74) is 1.46. The molecular weight excluding hydrogens is 134 g/mol. The summed E-state index contributed by atoms with van der Waals surface area (Å²) in [5, 5.41) is 0. The van der Waals surface area contributed by atoms with Crippen molar-refractivity contribution in [2.24, 2.45) is 0 Å². The van der Waals surface area contributed by atoms with Crippen LogP contribution >= 0.6 is 0 Å². The van der Waals surface area contributed by atoms with Crippen molar-refractivity contribution in [2.45, 2.75) is 26.2 Å². The Hall–Kier alpha value is 0.415. The van der Waals surface area contributed by atoms with Crippen molar-refractivity contribution in [3.8, 4) is 0 Å². The summed E-state index contributed by atoms with van der Waals surface area (Å²) in [6.45, 7) is 2.23. The Balaban J connectivity index is -0.000000125. The molecule has 0 fully saturated rings. The molecule has 0 aliphatic carbocycles. The number of hydrogen-bond acceptors (Lipinski definition) is 0. The minimum Gasteiger partial charge on any atom is -1.00 e. The second kappa shape index (κ2) is 9.50. The largest absolute Gasteiger partial charge is 1.00 e. The Bertz CT molecular complexity index is 181. The molecule has 0 unspecified atom stereocenters. The zero-order valence-corrected chi connectivity index (χ0v) is 8.51. The van der Waals surface area contributed by atoms with Crippen LogP contribution in [0.1, 0.15) is 28.2 Å². The fourth-order valence-electron chi connectivity index (χ4n) is 1.03. The first-order valence-corrected chi connectivity index (χ1v) is 3.97. The van der Waals surface area contributed by atoms with Crippen LogP contribution in [-0.4, -0.2) is 0 Å². The van der Waals surface area contributed by atoms with E-state index in [2.05, 4.69) is 37.3 Å². The molecule has 0 heterocycles. The molecule has 58 valence electrons. The van der Waals surface area contributed by atoms with Crippen molar-refractivity contribution in [3.63, 3.8) is 0 Å². The van der Waals surface area contributed by atoms with E-state index in [1.807, 2.05) is 0 Å². The Morgan fingerprint density at radius 3 is 2.17 bits per heavy atom. The number of aryl methyl sites for hydroxylation is 1. The van der Waals surface area contributed by atoms with Gasteiger partial charge >= 0.3 is 37.7 Å². The molecule has 0 atom stereocenters. The van der Waals surface area contributed by atoms with Crippen LogP contribution in [0.25, 0.3) is 0 Å². The summed E-state index contributed by atoms with van der Waals surface area (Å²) in [6.07, 6.45) is 3.83. The molecule has 0 bridgehead atoms. The fraction of sp³-hybridized carbons (Fsp3) is 0.400. The van der Waals surface area contributed by atoms with Gasteiger partial charge in [0.15, 0.2) is 0 Å². The molecule has 1 aromatic carbocycles. The van der Waals surface area contributed by atoms with E-state index in [4.69, 9.17) is 0 Å². The van der Waals surface area contributed by atoms with E-state index in [0.717, 1.165) is 0 Å². The molecule has 12 heavy (non-hydrogen) atoms. The average molecular weight is 150 g/mol. The second-order valence-corrected chi connectivity index (χ2v) is 2.59. The smallest absolute Gasteiger partial charge is 1.00 e. The van der Waals surface area contributed by atoms with Crippen LogP contribution in [0.15, 0.2) is 30.3 Å². The minimum atomic E-state index is 0. The van der Waals surface area contributed by atoms with E-state index in [-0.39, 0.29) is 40.6 Å². The van der Waals surface area contributed by atoms with E-state index >= 15 is 0 Å². The van der Waals surface area contributed by atoms with Gasteiger partial charge in [-0.1, -0.05) is 43.7 Å². The van der Waals surface area contributed by atoms with Crippen LogP contribution in [0.4, 0.5) is 0 Å². The zero-order chi connectivity index (χ0) is 7.23. The molecule has 0 aliphatic heterocycles. The third-order valence-corrected chi connectivity index (χ3v) is 1.66. The van der Waals surface area contributed by atoms with Crippen LogP contribution in [-0.2, 0) is 6.42 Å². The van der Waals surface area contributed by atoms with Gasteiger partial charge in [-0.3, -0.25) is 0 Å². The van der Waals surface area contributed by atoms with Crippen molar-refractivity contribution in [3.05, 3.63) is 35.9 Å². The Morgan fingerprint density at radius 1 is 1.08 bits per heavy atom. The molecule has 0 saturated carbocycles. The SMILES string of the molecule is CCCCc1ccccc1.[H-].[H-].[Li+].[Li+]. The molecule has 0 N–H and O–H groups in total. The van der Waals surface area contributed by atoms with Crippen molar-refractivity contribution in [2.75, 3.05) is 0 Å². The van der Waals surface area contributed by atoms with Gasteiger partial charge in [0, 0.05) is 0 Å². The molecular formula is C10H16Li2. The molecule has 0 aliphatic rings. The first-order valence-electron chi connectivity index (χ1n) is 3.97. The summed E-state index contributed by atoms with van der Waals surface area (Å²) in [7, 11) is 0. The zero-order valence-electron chi connectivity index (χ0n) is 10.5. The van der Waals surface area contributed by atoms with E-state index in [0.29, 0.717) is 0 Å². The monoisotopic (exact) mass is 150 g/mol. The third-order valence-electron chi connectivity index (χ3n) is 1.66. The average Bonchev–Trinajstić information content (AvgIpc) is 2.03. The molecule has 0 spiro atoms. The van der Waals surface area contributed by atoms with Gasteiger partial charge in [-0.15, -0.1) is 0 Å². The van der Waals surface area contributed by atoms with Crippen LogP contribution in [0, 0.1) is 0 Å². The van der Waals surface area contributed by atoms with Crippen LogP contribution in [0.3, 0.4) is 0 Å². The number of benzene rings is 1. The maximum atomic E-state index is 2.23. The molecule has 0 amide bonds. The third kappa shape index (κ3) is 5.99. The molecule has 0 saturated heterocycles. The van der Waals surface area contributed by atoms with Crippen LogP contribution < -0.4 is 37.7 Å². The molecule has 2 heteroatoms. The Kier molecular flexibility index (Phi) is 11.8. The van der Waals surface area contributed by atoms with E-state index < -0.39 is 0 Å². The van der Waals surface area contributed by atoms with Crippen molar-refractivity contribution < 1.29 is 40.6 Å². The Labute approximate surface area is 102 Å². The first-order chi connectivity index (χ1) is 4.93. The van der Waals surface area contributed by atoms with Gasteiger partial charge in [0.2, 0.25) is 0 Å². The van der Waals surface area contributed by atoms with E-state index in [1.165, 1.54) is 24.8 Å². The maximum Gasteiger partial charge on any atom is 1.00 e. The topological polar surface area (TPSA) is 0 Å². The van der Waals surface area contributed by atoms with Crippen LogP contribution in [0.2, 0.25) is 0 Å². The Morgan fingerprint density at radius 2 is 1.67 bits per heavy atom. The fourth-order valence-corrected chi connectivity index (χ4v) is 1.03. The van der Waals surface area contributed by atoms with Gasteiger partial charge in [-0.2, -0.15) is 0 Å². The predicted molar refractivity (Wildman–Crippen MR) is 47.3 cm³/mol. The molecule has 0 radical (unpaired) electrons. The van der Waals surface area contributed by atoms with Crippen LogP contribution in [0.5, 0.6) is 0 Å². The number of rotatable bonds is 3. The van der Waals surface area contributed by atoms with Crippen molar-refractivity contribution in [1.29, 1.82) is 0 Å².